The molecular weight excluding hydrogens is 380 g/mol. The van der Waals surface area contributed by atoms with Gasteiger partial charge >= 0.3 is 0 Å². The lowest BCUT2D eigenvalue weighted by Gasteiger charge is -2.08. The van der Waals surface area contributed by atoms with Crippen molar-refractivity contribution in [1.82, 2.24) is 10.3 Å². The number of benzene rings is 2. The normalized spacial score (nSPS) is 11.4. The first-order chi connectivity index (χ1) is 13.1. The maximum Gasteiger partial charge on any atom is 0.228 e. The summed E-state index contributed by atoms with van der Waals surface area (Å²) in [5.41, 5.74) is 3.20. The first kappa shape index (κ1) is 19.1. The number of amides is 1. The summed E-state index contributed by atoms with van der Waals surface area (Å²) >= 11 is 7.61. The predicted molar refractivity (Wildman–Crippen MR) is 113 cm³/mol. The molecule has 1 heterocycles. The molecule has 0 fully saturated rings. The number of carbonyl (C=O) groups is 1. The Morgan fingerprint density at radius 1 is 1.26 bits per heavy atom. The molecule has 0 aliphatic rings. The van der Waals surface area contributed by atoms with E-state index in [1.54, 1.807) is 12.3 Å². The second kappa shape index (κ2) is 8.79. The van der Waals surface area contributed by atoms with Crippen LogP contribution in [0.1, 0.15) is 18.1 Å². The van der Waals surface area contributed by atoms with Crippen LogP contribution in [0, 0.1) is 5.41 Å². The van der Waals surface area contributed by atoms with Gasteiger partial charge in [-0.3, -0.25) is 4.79 Å². The van der Waals surface area contributed by atoms with Gasteiger partial charge in [0.05, 0.1) is 22.3 Å². The number of halogens is 1. The van der Waals surface area contributed by atoms with Crippen molar-refractivity contribution < 1.29 is 4.79 Å². The van der Waals surface area contributed by atoms with E-state index < -0.39 is 0 Å². The molecule has 0 bridgehead atoms. The molecule has 0 radical (unpaired) electrons. The molecule has 2 aromatic carbocycles. The minimum absolute atomic E-state index is 0.194. The van der Waals surface area contributed by atoms with E-state index in [9.17, 15) is 4.79 Å². The zero-order valence-corrected chi connectivity index (χ0v) is 16.3. The summed E-state index contributed by atoms with van der Waals surface area (Å²) < 4.78 is 1.07. The van der Waals surface area contributed by atoms with E-state index in [1.165, 1.54) is 11.3 Å². The van der Waals surface area contributed by atoms with Crippen LogP contribution in [0.5, 0.6) is 0 Å². The molecule has 0 aliphatic carbocycles. The lowest BCUT2D eigenvalue weighted by atomic mass is 10.1. The average Bonchev–Trinajstić information content (AvgIpc) is 3.07. The van der Waals surface area contributed by atoms with E-state index in [0.717, 1.165) is 34.0 Å². The van der Waals surface area contributed by atoms with Crippen LogP contribution in [0.2, 0.25) is 5.02 Å². The molecule has 0 aliphatic heterocycles. The number of anilines is 1. The molecule has 3 N–H and O–H groups in total. The second-order valence-corrected chi connectivity index (χ2v) is 7.39. The van der Waals surface area contributed by atoms with Crippen molar-refractivity contribution in [2.75, 3.05) is 5.32 Å². The molecule has 1 amide bonds. The van der Waals surface area contributed by atoms with Crippen LogP contribution in [-0.4, -0.2) is 17.1 Å². The van der Waals surface area contributed by atoms with Crippen LogP contribution in [0.4, 0.5) is 5.13 Å². The van der Waals surface area contributed by atoms with Crippen molar-refractivity contribution in [2.45, 2.75) is 19.8 Å². The standard InChI is InChI=1S/C20H19ClN4OS/c1-2-13-7-14(9-15(21)8-13)10-19(26)24-16(11-22)12-23-20-25-17-5-3-4-6-18(17)27-20/h3-9,11-12,22H,2,10H2,1H3,(H,23,25)(H,24,26)/b16-12+,22-11?. The van der Waals surface area contributed by atoms with Gasteiger partial charge in [0.15, 0.2) is 5.13 Å². The Bertz CT molecular complexity index is 979. The Labute approximate surface area is 166 Å². The fourth-order valence-electron chi connectivity index (χ4n) is 2.60. The van der Waals surface area contributed by atoms with Gasteiger partial charge < -0.3 is 16.0 Å². The summed E-state index contributed by atoms with van der Waals surface area (Å²) in [7, 11) is 0. The number of para-hydroxylation sites is 1. The molecule has 0 saturated heterocycles. The van der Waals surface area contributed by atoms with Crippen molar-refractivity contribution in [3.63, 3.8) is 0 Å². The largest absolute Gasteiger partial charge is 0.336 e. The van der Waals surface area contributed by atoms with Crippen LogP contribution < -0.4 is 10.6 Å². The van der Waals surface area contributed by atoms with Crippen LogP contribution in [0.15, 0.2) is 54.4 Å². The van der Waals surface area contributed by atoms with Crippen molar-refractivity contribution in [3.05, 3.63) is 70.5 Å². The van der Waals surface area contributed by atoms with Crippen LogP contribution in [0.25, 0.3) is 10.2 Å². The molecule has 7 heteroatoms. The molecule has 27 heavy (non-hydrogen) atoms. The van der Waals surface area contributed by atoms with Crippen LogP contribution in [-0.2, 0) is 17.6 Å². The third-order valence-electron chi connectivity index (χ3n) is 3.87. The zero-order valence-electron chi connectivity index (χ0n) is 14.8. The van der Waals surface area contributed by atoms with Crippen molar-refractivity contribution >= 4 is 50.4 Å². The number of hydrogen-bond acceptors (Lipinski definition) is 5. The molecule has 5 nitrogen and oxygen atoms in total. The summed E-state index contributed by atoms with van der Waals surface area (Å²) in [4.78, 5) is 16.8. The van der Waals surface area contributed by atoms with Gasteiger partial charge in [0.1, 0.15) is 0 Å². The minimum atomic E-state index is -0.208. The highest BCUT2D eigenvalue weighted by molar-refractivity contribution is 7.22. The molecule has 1 aromatic heterocycles. The third-order valence-corrected chi connectivity index (χ3v) is 5.06. The zero-order chi connectivity index (χ0) is 19.2. The minimum Gasteiger partial charge on any atom is -0.336 e. The molecular formula is C20H19ClN4OS. The van der Waals surface area contributed by atoms with E-state index in [0.29, 0.717) is 15.9 Å². The molecule has 0 saturated carbocycles. The van der Waals surface area contributed by atoms with Gasteiger partial charge in [-0.1, -0.05) is 48.1 Å². The predicted octanol–water partition coefficient (Wildman–Crippen LogP) is 4.77. The Morgan fingerprint density at radius 3 is 2.78 bits per heavy atom. The van der Waals surface area contributed by atoms with Gasteiger partial charge in [0.25, 0.3) is 0 Å². The summed E-state index contributed by atoms with van der Waals surface area (Å²) in [6, 6.07) is 13.5. The SMILES string of the molecule is CCc1cc(Cl)cc(CC(=O)N/C(C=N)=C/Nc2nc3ccccc3s2)c1. The number of nitrogens with zero attached hydrogens (tertiary/aromatic N) is 1. The van der Waals surface area contributed by atoms with E-state index in [1.807, 2.05) is 43.3 Å². The van der Waals surface area contributed by atoms with Gasteiger partial charge in [-0.05, 0) is 41.8 Å². The fourth-order valence-corrected chi connectivity index (χ4v) is 3.72. The molecule has 0 atom stereocenters. The van der Waals surface area contributed by atoms with Crippen molar-refractivity contribution in [3.8, 4) is 0 Å². The van der Waals surface area contributed by atoms with Crippen molar-refractivity contribution in [1.29, 1.82) is 5.41 Å². The molecule has 0 spiro atoms. The number of rotatable bonds is 7. The maximum absolute atomic E-state index is 12.3. The summed E-state index contributed by atoms with van der Waals surface area (Å²) in [6.45, 7) is 2.04. The summed E-state index contributed by atoms with van der Waals surface area (Å²) in [5.74, 6) is -0.208. The van der Waals surface area contributed by atoms with Gasteiger partial charge in [-0.2, -0.15) is 0 Å². The quantitative estimate of drug-likeness (QED) is 0.501. The number of thiazole rings is 1. The lowest BCUT2D eigenvalue weighted by Crippen LogP contribution is -2.25. The number of carbonyl (C=O) groups excluding carboxylic acids is 1. The highest BCUT2D eigenvalue weighted by atomic mass is 35.5. The molecule has 3 rings (SSSR count). The second-order valence-electron chi connectivity index (χ2n) is 5.92. The Kier molecular flexibility index (Phi) is 6.21. The van der Waals surface area contributed by atoms with Crippen LogP contribution >= 0.6 is 22.9 Å². The lowest BCUT2D eigenvalue weighted by molar-refractivity contribution is -0.119. The average molecular weight is 399 g/mol. The number of aryl methyl sites for hydroxylation is 1. The summed E-state index contributed by atoms with van der Waals surface area (Å²) in [5, 5.41) is 14.6. The number of hydrogen-bond donors (Lipinski definition) is 3. The fraction of sp³-hybridized carbons (Fsp3) is 0.150. The van der Waals surface area contributed by atoms with Gasteiger partial charge in [0, 0.05) is 17.4 Å². The number of allylic oxidation sites excluding steroid dienone is 1. The maximum atomic E-state index is 12.3. The van der Waals surface area contributed by atoms with Crippen LogP contribution in [0.3, 0.4) is 0 Å². The number of fused-ring (bicyclic) bond motifs is 1. The topological polar surface area (TPSA) is 77.9 Å². The molecule has 3 aromatic rings. The summed E-state index contributed by atoms with van der Waals surface area (Å²) in [6.07, 6.45) is 3.71. The van der Waals surface area contributed by atoms with Gasteiger partial charge in [-0.15, -0.1) is 0 Å². The number of aromatic nitrogens is 1. The Hall–Kier alpha value is -2.70. The van der Waals surface area contributed by atoms with Crippen molar-refractivity contribution in [2.24, 2.45) is 0 Å². The third kappa shape index (κ3) is 5.15. The van der Waals surface area contributed by atoms with E-state index >= 15 is 0 Å². The first-order valence-electron chi connectivity index (χ1n) is 8.48. The Balaban J connectivity index is 1.65. The monoisotopic (exact) mass is 398 g/mol. The first-order valence-corrected chi connectivity index (χ1v) is 9.67. The molecule has 0 unspecified atom stereocenters. The highest BCUT2D eigenvalue weighted by Crippen LogP contribution is 2.25. The van der Waals surface area contributed by atoms with E-state index in [4.69, 9.17) is 17.0 Å². The van der Waals surface area contributed by atoms with Gasteiger partial charge in [0.2, 0.25) is 5.91 Å². The Morgan fingerprint density at radius 2 is 2.04 bits per heavy atom. The van der Waals surface area contributed by atoms with Gasteiger partial charge in [-0.25, -0.2) is 4.98 Å². The smallest absolute Gasteiger partial charge is 0.228 e. The van der Waals surface area contributed by atoms with E-state index in [-0.39, 0.29) is 12.3 Å². The van der Waals surface area contributed by atoms with E-state index in [2.05, 4.69) is 15.6 Å². The molecule has 138 valence electrons. The number of nitrogens with one attached hydrogen (secondary N) is 3. The highest BCUT2D eigenvalue weighted by Gasteiger charge is 2.08.